The Labute approximate surface area is 165 Å². The van der Waals surface area contributed by atoms with Crippen LogP contribution in [-0.4, -0.2) is 46.2 Å². The minimum absolute atomic E-state index is 0.161. The van der Waals surface area contributed by atoms with Gasteiger partial charge in [-0.05, 0) is 43.0 Å². The molecule has 2 amide bonds. The molecule has 2 saturated heterocycles. The third-order valence-electron chi connectivity index (χ3n) is 5.65. The highest BCUT2D eigenvalue weighted by molar-refractivity contribution is 5.95. The number of likely N-dealkylation sites (tertiary alicyclic amines) is 2. The number of benzene rings is 1. The van der Waals surface area contributed by atoms with Crippen molar-refractivity contribution in [3.8, 4) is 11.8 Å². The molecule has 0 saturated carbocycles. The summed E-state index contributed by atoms with van der Waals surface area (Å²) in [5.74, 6) is 5.62. The highest BCUT2D eigenvalue weighted by atomic mass is 16.2. The van der Waals surface area contributed by atoms with Crippen molar-refractivity contribution in [2.75, 3.05) is 19.6 Å². The van der Waals surface area contributed by atoms with Crippen LogP contribution in [0, 0.1) is 17.3 Å². The number of piperidine rings is 1. The summed E-state index contributed by atoms with van der Waals surface area (Å²) >= 11 is 0. The molecule has 4 rings (SSSR count). The maximum atomic E-state index is 13.2. The van der Waals surface area contributed by atoms with E-state index in [4.69, 9.17) is 0 Å². The van der Waals surface area contributed by atoms with Crippen LogP contribution in [-0.2, 0) is 16.1 Å². The van der Waals surface area contributed by atoms with Crippen LogP contribution in [0.4, 0.5) is 0 Å². The van der Waals surface area contributed by atoms with E-state index < -0.39 is 5.41 Å². The third-order valence-corrected chi connectivity index (χ3v) is 5.65. The topological polar surface area (TPSA) is 53.5 Å². The van der Waals surface area contributed by atoms with Gasteiger partial charge in [0.05, 0.1) is 5.41 Å². The summed E-state index contributed by atoms with van der Waals surface area (Å²) < 4.78 is 0. The molecule has 2 aromatic rings. The Balaban J connectivity index is 1.43. The normalized spacial score (nSPS) is 21.5. The van der Waals surface area contributed by atoms with Crippen LogP contribution >= 0.6 is 0 Å². The van der Waals surface area contributed by atoms with Gasteiger partial charge in [0, 0.05) is 50.1 Å². The highest BCUT2D eigenvalue weighted by Crippen LogP contribution is 2.40. The van der Waals surface area contributed by atoms with Crippen LogP contribution in [0.2, 0.25) is 0 Å². The fourth-order valence-electron chi connectivity index (χ4n) is 4.17. The number of pyridine rings is 1. The van der Waals surface area contributed by atoms with E-state index in [-0.39, 0.29) is 11.8 Å². The molecule has 28 heavy (non-hydrogen) atoms. The van der Waals surface area contributed by atoms with E-state index in [9.17, 15) is 9.59 Å². The van der Waals surface area contributed by atoms with Gasteiger partial charge >= 0.3 is 0 Å². The SMILES string of the molecule is O=C(C#Cc1ccccc1)N1CCC2(CCCN(Cc3cccnc3)C2=O)C1. The van der Waals surface area contributed by atoms with Gasteiger partial charge in [0.1, 0.15) is 0 Å². The van der Waals surface area contributed by atoms with E-state index in [1.807, 2.05) is 47.4 Å². The minimum Gasteiger partial charge on any atom is -0.338 e. The highest BCUT2D eigenvalue weighted by Gasteiger charge is 2.49. The van der Waals surface area contributed by atoms with Crippen molar-refractivity contribution < 1.29 is 9.59 Å². The number of rotatable bonds is 2. The Morgan fingerprint density at radius 3 is 2.75 bits per heavy atom. The smallest absolute Gasteiger partial charge is 0.298 e. The van der Waals surface area contributed by atoms with Crippen LogP contribution in [0.25, 0.3) is 0 Å². The van der Waals surface area contributed by atoms with Gasteiger partial charge in [-0.2, -0.15) is 0 Å². The Bertz CT molecular complexity index is 917. The van der Waals surface area contributed by atoms with Gasteiger partial charge in [-0.3, -0.25) is 14.6 Å². The first-order valence-electron chi connectivity index (χ1n) is 9.71. The van der Waals surface area contributed by atoms with Crippen molar-refractivity contribution in [3.63, 3.8) is 0 Å². The lowest BCUT2D eigenvalue weighted by molar-refractivity contribution is -0.146. The number of aromatic nitrogens is 1. The predicted octanol–water partition coefficient (Wildman–Crippen LogP) is 2.47. The number of carbonyl (C=O) groups excluding carboxylic acids is 2. The molecule has 0 bridgehead atoms. The molecule has 2 fully saturated rings. The second-order valence-electron chi connectivity index (χ2n) is 7.56. The Morgan fingerprint density at radius 1 is 1.11 bits per heavy atom. The van der Waals surface area contributed by atoms with Crippen LogP contribution in [0.5, 0.6) is 0 Å². The first-order valence-corrected chi connectivity index (χ1v) is 9.71. The Morgan fingerprint density at radius 2 is 1.96 bits per heavy atom. The molecular weight excluding hydrogens is 350 g/mol. The van der Waals surface area contributed by atoms with Crippen LogP contribution < -0.4 is 0 Å². The summed E-state index contributed by atoms with van der Waals surface area (Å²) in [6.45, 7) is 2.40. The summed E-state index contributed by atoms with van der Waals surface area (Å²) in [5.41, 5.74) is 1.40. The van der Waals surface area contributed by atoms with Crippen molar-refractivity contribution in [2.45, 2.75) is 25.8 Å². The Kier molecular flexibility index (Phi) is 5.12. The van der Waals surface area contributed by atoms with Crippen LogP contribution in [0.3, 0.4) is 0 Å². The van der Waals surface area contributed by atoms with Crippen molar-refractivity contribution in [3.05, 3.63) is 66.0 Å². The first-order chi connectivity index (χ1) is 13.7. The van der Waals surface area contributed by atoms with Gasteiger partial charge in [0.15, 0.2) is 0 Å². The fourth-order valence-corrected chi connectivity index (χ4v) is 4.17. The van der Waals surface area contributed by atoms with Crippen molar-refractivity contribution in [1.82, 2.24) is 14.8 Å². The molecule has 1 atom stereocenters. The molecule has 1 aromatic carbocycles. The fraction of sp³-hybridized carbons (Fsp3) is 0.348. The number of nitrogens with zero attached hydrogens (tertiary/aromatic N) is 3. The lowest BCUT2D eigenvalue weighted by Crippen LogP contribution is -2.49. The Hall–Kier alpha value is -3.13. The zero-order valence-electron chi connectivity index (χ0n) is 15.8. The van der Waals surface area contributed by atoms with E-state index in [0.717, 1.165) is 30.5 Å². The third kappa shape index (κ3) is 3.77. The van der Waals surface area contributed by atoms with Gasteiger partial charge < -0.3 is 9.80 Å². The number of carbonyl (C=O) groups is 2. The number of amides is 2. The maximum Gasteiger partial charge on any atom is 0.298 e. The lowest BCUT2D eigenvalue weighted by Gasteiger charge is -2.39. The molecular formula is C23H23N3O2. The predicted molar refractivity (Wildman–Crippen MR) is 106 cm³/mol. The molecule has 1 aromatic heterocycles. The van der Waals surface area contributed by atoms with Gasteiger partial charge in [-0.25, -0.2) is 0 Å². The van der Waals surface area contributed by atoms with Gasteiger partial charge in [0.2, 0.25) is 5.91 Å². The summed E-state index contributed by atoms with van der Waals surface area (Å²) in [7, 11) is 0. The summed E-state index contributed by atoms with van der Waals surface area (Å²) in [5, 5.41) is 0. The average Bonchev–Trinajstić information content (AvgIpc) is 3.16. The van der Waals surface area contributed by atoms with E-state index in [0.29, 0.717) is 26.1 Å². The van der Waals surface area contributed by atoms with E-state index in [1.165, 1.54) is 0 Å². The van der Waals surface area contributed by atoms with Crippen LogP contribution in [0.1, 0.15) is 30.4 Å². The standard InChI is InChI=1S/C23H23N3O2/c27-21(10-9-19-6-2-1-3-7-19)26-15-12-23(18-26)11-5-14-25(22(23)28)17-20-8-4-13-24-16-20/h1-4,6-8,13,16H,5,11-12,14-15,17-18H2. The maximum absolute atomic E-state index is 13.2. The molecule has 2 aliphatic heterocycles. The second-order valence-corrected chi connectivity index (χ2v) is 7.56. The molecule has 5 heteroatoms. The van der Waals surface area contributed by atoms with Crippen molar-refractivity contribution >= 4 is 11.8 Å². The van der Waals surface area contributed by atoms with Crippen molar-refractivity contribution in [1.29, 1.82) is 0 Å². The molecule has 1 spiro atoms. The van der Waals surface area contributed by atoms with Gasteiger partial charge in [-0.1, -0.05) is 30.2 Å². The molecule has 0 N–H and O–H groups in total. The number of hydrogen-bond acceptors (Lipinski definition) is 3. The van der Waals surface area contributed by atoms with Crippen molar-refractivity contribution in [2.24, 2.45) is 5.41 Å². The molecule has 0 radical (unpaired) electrons. The zero-order chi connectivity index (χ0) is 19.4. The monoisotopic (exact) mass is 373 g/mol. The van der Waals surface area contributed by atoms with E-state index >= 15 is 0 Å². The zero-order valence-corrected chi connectivity index (χ0v) is 15.8. The minimum atomic E-state index is -0.454. The van der Waals surface area contributed by atoms with E-state index in [1.54, 1.807) is 17.3 Å². The largest absolute Gasteiger partial charge is 0.338 e. The molecule has 1 unspecified atom stereocenters. The van der Waals surface area contributed by atoms with Gasteiger partial charge in [-0.15, -0.1) is 0 Å². The summed E-state index contributed by atoms with van der Waals surface area (Å²) in [6, 6.07) is 13.4. The number of hydrogen-bond donors (Lipinski definition) is 0. The average molecular weight is 373 g/mol. The lowest BCUT2D eigenvalue weighted by atomic mass is 9.78. The van der Waals surface area contributed by atoms with Gasteiger partial charge in [0.25, 0.3) is 5.91 Å². The summed E-state index contributed by atoms with van der Waals surface area (Å²) in [4.78, 5) is 33.6. The molecule has 3 heterocycles. The second kappa shape index (κ2) is 7.85. The van der Waals surface area contributed by atoms with E-state index in [2.05, 4.69) is 16.8 Å². The molecule has 142 valence electrons. The quantitative estimate of drug-likeness (QED) is 0.760. The molecule has 2 aliphatic rings. The molecule has 0 aliphatic carbocycles. The molecule has 5 nitrogen and oxygen atoms in total. The van der Waals surface area contributed by atoms with Crippen LogP contribution in [0.15, 0.2) is 54.9 Å². The summed E-state index contributed by atoms with van der Waals surface area (Å²) in [6.07, 6.45) is 6.06. The first kappa shape index (κ1) is 18.2.